The molecular weight excluding hydrogens is 179 g/mol. The van der Waals surface area contributed by atoms with Crippen molar-refractivity contribution in [1.82, 2.24) is 9.97 Å². The molecule has 0 aliphatic heterocycles. The van der Waals surface area contributed by atoms with Crippen LogP contribution in [0.5, 0.6) is 11.9 Å². The minimum absolute atomic E-state index is 0. The zero-order valence-electron chi connectivity index (χ0n) is 8.20. The second kappa shape index (κ2) is 4.36. The number of ether oxygens (including phenoxy) is 2. The molecule has 5 nitrogen and oxygen atoms in total. The number of hydrogen-bond acceptors (Lipinski definition) is 5. The molecule has 0 unspecified atom stereocenters. The van der Waals surface area contributed by atoms with E-state index >= 15 is 0 Å². The fraction of sp³-hybridized carbons (Fsp3) is 0.250. The van der Waals surface area contributed by atoms with E-state index in [9.17, 15) is 0 Å². The Morgan fingerprint density at radius 2 is 2.07 bits per heavy atom. The van der Waals surface area contributed by atoms with Crippen molar-refractivity contribution in [1.29, 1.82) is 0 Å². The molecule has 2 heterocycles. The Hall–Kier alpha value is -1.18. The molecule has 0 spiro atoms. The van der Waals surface area contributed by atoms with Gasteiger partial charge in [0.05, 0.1) is 19.8 Å². The van der Waals surface area contributed by atoms with E-state index in [-0.39, 0.29) is 24.9 Å². The van der Waals surface area contributed by atoms with E-state index in [1.807, 2.05) is 0 Å². The Morgan fingerprint density at radius 3 is 2.71 bits per heavy atom. The first-order chi connectivity index (χ1) is 6.35. The van der Waals surface area contributed by atoms with Crippen LogP contribution >= 0.6 is 0 Å². The average molecular weight is 186 g/mol. The first-order valence-corrected chi connectivity index (χ1v) is 3.60. The van der Waals surface area contributed by atoms with Gasteiger partial charge in [-0.2, -0.15) is 11.1 Å². The predicted octanol–water partition coefficient (Wildman–Crippen LogP) is -1.96. The average Bonchev–Trinajstić information content (AvgIpc) is 2.63. The Balaban J connectivity index is 0.000000980. The van der Waals surface area contributed by atoms with Crippen LogP contribution in [0.1, 0.15) is 0 Å². The van der Waals surface area contributed by atoms with Crippen molar-refractivity contribution < 1.29 is 32.8 Å². The molecule has 0 aliphatic carbocycles. The molecule has 0 saturated heterocycles. The molecule has 2 aromatic rings. The molecule has 2 aromatic heterocycles. The van der Waals surface area contributed by atoms with E-state index < -0.39 is 0 Å². The van der Waals surface area contributed by atoms with Gasteiger partial charge >= 0.3 is 24.9 Å². The van der Waals surface area contributed by atoms with E-state index in [0.29, 0.717) is 17.0 Å². The number of furan rings is 1. The molecule has 0 aromatic carbocycles. The van der Waals surface area contributed by atoms with Gasteiger partial charge in [-0.25, -0.2) is 4.98 Å². The van der Waals surface area contributed by atoms with E-state index in [1.165, 1.54) is 20.5 Å². The number of methoxy groups -OCH3 is 2. The summed E-state index contributed by atoms with van der Waals surface area (Å²) in [7, 11) is 2.99. The Kier molecular flexibility index (Phi) is 3.39. The van der Waals surface area contributed by atoms with Gasteiger partial charge in [-0.3, -0.25) is 0 Å². The summed E-state index contributed by atoms with van der Waals surface area (Å²) in [5.41, 5.74) is 1.02. The minimum atomic E-state index is 0. The van der Waals surface area contributed by atoms with Crippen LogP contribution in [-0.2, 0) is 0 Å². The monoisotopic (exact) mass is 186 g/mol. The molecule has 0 amide bonds. The largest absolute Gasteiger partial charge is 1.00 e. The molecule has 2 rings (SSSR count). The smallest absolute Gasteiger partial charge is 0.562 e. The second-order valence-electron chi connectivity index (χ2n) is 2.28. The fourth-order valence-corrected chi connectivity index (χ4v) is 0.988. The molecule has 0 aliphatic rings. The van der Waals surface area contributed by atoms with Gasteiger partial charge in [0, 0.05) is 0 Å². The molecule has 0 atom stereocenters. The van der Waals surface area contributed by atoms with Gasteiger partial charge in [-0.1, -0.05) is 5.52 Å². The molecule has 0 bridgehead atoms. The zero-order valence-corrected chi connectivity index (χ0v) is 8.20. The molecular formula is C8H7LiN2O3. The second-order valence-corrected chi connectivity index (χ2v) is 2.28. The molecule has 6 heteroatoms. The normalized spacial score (nSPS) is 9.57. The summed E-state index contributed by atoms with van der Waals surface area (Å²) in [6, 6.07) is 3.03. The van der Waals surface area contributed by atoms with Crippen molar-refractivity contribution >= 4 is 11.1 Å². The van der Waals surface area contributed by atoms with Gasteiger partial charge in [0.25, 0.3) is 0 Å². The SMILES string of the molecule is COc1nc(OC)c2oc[c-]c2n1.[Li+]. The Labute approximate surface area is 92.6 Å². The van der Waals surface area contributed by atoms with Crippen LogP contribution in [0.15, 0.2) is 10.7 Å². The third-order valence-electron chi connectivity index (χ3n) is 1.56. The summed E-state index contributed by atoms with van der Waals surface area (Å²) >= 11 is 0. The van der Waals surface area contributed by atoms with Crippen molar-refractivity contribution in [2.24, 2.45) is 0 Å². The summed E-state index contributed by atoms with van der Waals surface area (Å²) < 4.78 is 14.9. The number of fused-ring (bicyclic) bond motifs is 1. The van der Waals surface area contributed by atoms with Crippen LogP contribution in [0.25, 0.3) is 11.1 Å². The summed E-state index contributed by atoms with van der Waals surface area (Å²) in [4.78, 5) is 7.94. The quantitative estimate of drug-likeness (QED) is 0.403. The Morgan fingerprint density at radius 1 is 1.29 bits per heavy atom. The summed E-state index contributed by atoms with van der Waals surface area (Å²) in [6.45, 7) is 0. The van der Waals surface area contributed by atoms with Crippen LogP contribution in [-0.4, -0.2) is 24.2 Å². The third kappa shape index (κ3) is 1.69. The molecule has 0 saturated carbocycles. The maximum absolute atomic E-state index is 5.08. The standard InChI is InChI=1S/C8H7N2O3.Li/c1-11-7-6-5(3-4-13-6)9-8(10-7)12-2;/h4H,1-2H3;/q-1;+1. The number of nitrogens with zero attached hydrogens (tertiary/aromatic N) is 2. The molecule has 0 N–H and O–H groups in total. The van der Waals surface area contributed by atoms with Gasteiger partial charge in [0.1, 0.15) is 0 Å². The molecule has 0 fully saturated rings. The van der Waals surface area contributed by atoms with Crippen LogP contribution in [0.2, 0.25) is 0 Å². The third-order valence-corrected chi connectivity index (χ3v) is 1.56. The maximum Gasteiger partial charge on any atom is 1.00 e. The first-order valence-electron chi connectivity index (χ1n) is 3.60. The van der Waals surface area contributed by atoms with Crippen LogP contribution in [0.4, 0.5) is 0 Å². The maximum atomic E-state index is 5.08. The van der Waals surface area contributed by atoms with Gasteiger partial charge in [0.15, 0.2) is 5.88 Å². The van der Waals surface area contributed by atoms with Crippen molar-refractivity contribution in [2.75, 3.05) is 14.2 Å². The van der Waals surface area contributed by atoms with Crippen molar-refractivity contribution in [3.63, 3.8) is 0 Å². The number of aromatic nitrogens is 2. The summed E-state index contributed by atoms with van der Waals surface area (Å²) in [6.07, 6.45) is 1.40. The van der Waals surface area contributed by atoms with Crippen molar-refractivity contribution in [3.05, 3.63) is 12.3 Å². The van der Waals surface area contributed by atoms with Gasteiger partial charge in [-0.15, -0.1) is 0 Å². The van der Waals surface area contributed by atoms with Crippen LogP contribution in [0.3, 0.4) is 0 Å². The van der Waals surface area contributed by atoms with Crippen LogP contribution < -0.4 is 28.3 Å². The first kappa shape index (κ1) is 10.9. The van der Waals surface area contributed by atoms with Gasteiger partial charge < -0.3 is 13.9 Å². The van der Waals surface area contributed by atoms with E-state index in [0.717, 1.165) is 0 Å². The van der Waals surface area contributed by atoms with Gasteiger partial charge in [0.2, 0.25) is 0 Å². The summed E-state index contributed by atoms with van der Waals surface area (Å²) in [5.74, 6) is 0.350. The number of hydrogen-bond donors (Lipinski definition) is 0. The topological polar surface area (TPSA) is 57.4 Å². The zero-order chi connectivity index (χ0) is 9.26. The van der Waals surface area contributed by atoms with E-state index in [4.69, 9.17) is 13.9 Å². The van der Waals surface area contributed by atoms with E-state index in [2.05, 4.69) is 16.0 Å². The van der Waals surface area contributed by atoms with Gasteiger partial charge in [-0.05, 0) is 6.26 Å². The Bertz CT molecular complexity index is 429. The minimum Gasteiger partial charge on any atom is -0.562 e. The number of rotatable bonds is 2. The fourth-order valence-electron chi connectivity index (χ4n) is 0.988. The predicted molar refractivity (Wildman–Crippen MR) is 43.7 cm³/mol. The molecule has 68 valence electrons. The van der Waals surface area contributed by atoms with E-state index in [1.54, 1.807) is 0 Å². The molecule has 0 radical (unpaired) electrons. The summed E-state index contributed by atoms with van der Waals surface area (Å²) in [5, 5.41) is 0. The van der Waals surface area contributed by atoms with Crippen molar-refractivity contribution in [2.45, 2.75) is 0 Å². The van der Waals surface area contributed by atoms with Crippen LogP contribution in [0, 0.1) is 6.07 Å². The van der Waals surface area contributed by atoms with Crippen molar-refractivity contribution in [3.8, 4) is 11.9 Å². The molecule has 14 heavy (non-hydrogen) atoms.